The summed E-state index contributed by atoms with van der Waals surface area (Å²) < 4.78 is 0. The number of hydrogen-bond acceptors (Lipinski definition) is 3. The minimum Gasteiger partial charge on any atom is -0.393 e. The van der Waals surface area contributed by atoms with Crippen LogP contribution in [-0.2, 0) is 4.79 Å². The van der Waals surface area contributed by atoms with E-state index >= 15 is 0 Å². The van der Waals surface area contributed by atoms with Crippen molar-refractivity contribution in [2.75, 3.05) is 0 Å². The van der Waals surface area contributed by atoms with Gasteiger partial charge in [0.05, 0.1) is 11.7 Å². The number of fused-ring (bicyclic) bond motifs is 4. The van der Waals surface area contributed by atoms with Gasteiger partial charge in [0.25, 0.3) is 0 Å². The standard InChI is InChI=1S/C30H42O3/c1-28-15-11-22(31)19-21(28)5-6-23-24(28)12-18-30-17-10-20(27(32)26(30)8-7-25(23)30)9-16-29(33)13-3-2-4-14-29/h10,21-26,31,33H,2-8,11-15,17-19H2,1H3/t21-,22-,23-,24+,25+,26-,28+,30+/m1/s1. The molecule has 6 aliphatic rings. The lowest BCUT2D eigenvalue weighted by Gasteiger charge is -2.61. The highest BCUT2D eigenvalue weighted by Crippen LogP contribution is 2.69. The Bertz CT molecular complexity index is 901. The van der Waals surface area contributed by atoms with Gasteiger partial charge in [0.1, 0.15) is 5.60 Å². The van der Waals surface area contributed by atoms with Crippen LogP contribution in [0.1, 0.15) is 103 Å². The SMILES string of the molecule is C[C@]12CC[C@@H](O)C[C@H]1CC[C@@H]1[C@@H]2CC[C@]23CC=C(C#CC4(O)CCCCC4)C(=O)[C@H]2CC[C@@H]13. The van der Waals surface area contributed by atoms with E-state index in [-0.39, 0.29) is 23.2 Å². The van der Waals surface area contributed by atoms with Crippen LogP contribution >= 0.6 is 0 Å². The minimum atomic E-state index is -0.883. The Morgan fingerprint density at radius 1 is 0.939 bits per heavy atom. The summed E-state index contributed by atoms with van der Waals surface area (Å²) >= 11 is 0. The number of Topliss-reactive ketones (excluding diaryl/α,β-unsaturated/α-hetero) is 1. The highest BCUT2D eigenvalue weighted by molar-refractivity contribution is 6.02. The monoisotopic (exact) mass is 450 g/mol. The molecule has 33 heavy (non-hydrogen) atoms. The second kappa shape index (κ2) is 7.96. The third-order valence-corrected chi connectivity index (χ3v) is 11.7. The summed E-state index contributed by atoms with van der Waals surface area (Å²) in [6, 6.07) is 0. The smallest absolute Gasteiger partial charge is 0.174 e. The van der Waals surface area contributed by atoms with E-state index in [1.807, 2.05) is 0 Å². The molecule has 8 atom stereocenters. The summed E-state index contributed by atoms with van der Waals surface area (Å²) in [6.07, 6.45) is 18.3. The van der Waals surface area contributed by atoms with Gasteiger partial charge in [0.2, 0.25) is 0 Å². The molecule has 1 spiro atoms. The fourth-order valence-corrected chi connectivity index (χ4v) is 9.97. The zero-order chi connectivity index (χ0) is 22.8. The second-order valence-electron chi connectivity index (χ2n) is 13.0. The quantitative estimate of drug-likeness (QED) is 0.473. The van der Waals surface area contributed by atoms with E-state index in [1.165, 1.54) is 44.9 Å². The van der Waals surface area contributed by atoms with Gasteiger partial charge in [0, 0.05) is 5.92 Å². The van der Waals surface area contributed by atoms with E-state index in [4.69, 9.17) is 0 Å². The zero-order valence-electron chi connectivity index (χ0n) is 20.5. The van der Waals surface area contributed by atoms with Gasteiger partial charge in [-0.1, -0.05) is 31.3 Å². The molecule has 0 aromatic carbocycles. The third-order valence-electron chi connectivity index (χ3n) is 11.7. The molecule has 0 amide bonds. The molecular formula is C30H42O3. The van der Waals surface area contributed by atoms with Crippen molar-refractivity contribution >= 4 is 5.78 Å². The first-order valence-electron chi connectivity index (χ1n) is 14.0. The van der Waals surface area contributed by atoms with Crippen molar-refractivity contribution in [3.8, 4) is 11.8 Å². The summed E-state index contributed by atoms with van der Waals surface area (Å²) in [6.45, 7) is 2.54. The summed E-state index contributed by atoms with van der Waals surface area (Å²) in [4.78, 5) is 13.6. The third kappa shape index (κ3) is 3.41. The normalized spacial score (nSPS) is 48.3. The number of aliphatic hydroxyl groups is 2. The lowest BCUT2D eigenvalue weighted by atomic mass is 9.43. The maximum Gasteiger partial charge on any atom is 0.174 e. The average molecular weight is 451 g/mol. The van der Waals surface area contributed by atoms with E-state index < -0.39 is 5.60 Å². The van der Waals surface area contributed by atoms with Crippen molar-refractivity contribution in [1.29, 1.82) is 0 Å². The molecule has 0 heterocycles. The highest BCUT2D eigenvalue weighted by Gasteiger charge is 2.63. The molecular weight excluding hydrogens is 408 g/mol. The van der Waals surface area contributed by atoms with E-state index in [2.05, 4.69) is 24.8 Å². The first kappa shape index (κ1) is 22.4. The molecule has 2 N–H and O–H groups in total. The van der Waals surface area contributed by atoms with Crippen molar-refractivity contribution < 1.29 is 15.0 Å². The Morgan fingerprint density at radius 2 is 1.76 bits per heavy atom. The van der Waals surface area contributed by atoms with Gasteiger partial charge in [-0.15, -0.1) is 0 Å². The van der Waals surface area contributed by atoms with Crippen LogP contribution < -0.4 is 0 Å². The fourth-order valence-electron chi connectivity index (χ4n) is 9.97. The molecule has 6 rings (SSSR count). The van der Waals surface area contributed by atoms with Crippen LogP contribution in [0.15, 0.2) is 11.6 Å². The predicted molar refractivity (Wildman–Crippen MR) is 129 cm³/mol. The summed E-state index contributed by atoms with van der Waals surface area (Å²) in [5, 5.41) is 21.1. The van der Waals surface area contributed by atoms with Gasteiger partial charge < -0.3 is 10.2 Å². The van der Waals surface area contributed by atoms with Gasteiger partial charge in [-0.05, 0) is 124 Å². The predicted octanol–water partition coefficient (Wildman–Crippen LogP) is 5.58. The highest BCUT2D eigenvalue weighted by atomic mass is 16.3. The molecule has 0 aromatic rings. The molecule has 0 radical (unpaired) electrons. The Balaban J connectivity index is 1.24. The largest absolute Gasteiger partial charge is 0.393 e. The van der Waals surface area contributed by atoms with Crippen LogP contribution in [0.4, 0.5) is 0 Å². The first-order chi connectivity index (χ1) is 15.8. The minimum absolute atomic E-state index is 0.0854. The lowest BCUT2D eigenvalue weighted by molar-refractivity contribution is -0.141. The van der Waals surface area contributed by atoms with Gasteiger partial charge in [-0.2, -0.15) is 0 Å². The molecule has 3 nitrogen and oxygen atoms in total. The Morgan fingerprint density at radius 3 is 2.58 bits per heavy atom. The van der Waals surface area contributed by atoms with Crippen LogP contribution in [-0.4, -0.2) is 27.7 Å². The van der Waals surface area contributed by atoms with Gasteiger partial charge in [-0.25, -0.2) is 0 Å². The van der Waals surface area contributed by atoms with E-state index in [0.29, 0.717) is 22.8 Å². The van der Waals surface area contributed by atoms with Crippen LogP contribution in [0.3, 0.4) is 0 Å². The van der Waals surface area contributed by atoms with Crippen molar-refractivity contribution in [2.24, 2.45) is 40.4 Å². The average Bonchev–Trinajstić information content (AvgIpc) is 3.20. The van der Waals surface area contributed by atoms with Gasteiger partial charge >= 0.3 is 0 Å². The van der Waals surface area contributed by atoms with Crippen LogP contribution in [0, 0.1) is 52.3 Å². The molecule has 6 aliphatic carbocycles. The van der Waals surface area contributed by atoms with Crippen molar-refractivity contribution in [3.63, 3.8) is 0 Å². The topological polar surface area (TPSA) is 57.5 Å². The maximum absolute atomic E-state index is 13.6. The second-order valence-corrected chi connectivity index (χ2v) is 13.0. The number of rotatable bonds is 0. The number of carbonyl (C=O) groups is 1. The van der Waals surface area contributed by atoms with Gasteiger partial charge in [0.15, 0.2) is 5.78 Å². The number of aliphatic hydroxyl groups excluding tert-OH is 1. The molecule has 0 bridgehead atoms. The number of carbonyl (C=O) groups excluding carboxylic acids is 1. The van der Waals surface area contributed by atoms with Crippen molar-refractivity contribution in [1.82, 2.24) is 0 Å². The van der Waals surface area contributed by atoms with Crippen molar-refractivity contribution in [2.45, 2.75) is 115 Å². The molecule has 0 aromatic heterocycles. The summed E-state index contributed by atoms with van der Waals surface area (Å²) in [7, 11) is 0. The zero-order valence-corrected chi connectivity index (χ0v) is 20.5. The van der Waals surface area contributed by atoms with Crippen molar-refractivity contribution in [3.05, 3.63) is 11.6 Å². The maximum atomic E-state index is 13.6. The summed E-state index contributed by atoms with van der Waals surface area (Å²) in [5.74, 6) is 9.65. The molecule has 5 fully saturated rings. The molecule has 5 saturated carbocycles. The first-order valence-corrected chi connectivity index (χ1v) is 14.0. The molecule has 0 aliphatic heterocycles. The summed E-state index contributed by atoms with van der Waals surface area (Å²) in [5.41, 5.74) is 0.376. The van der Waals surface area contributed by atoms with E-state index in [9.17, 15) is 15.0 Å². The molecule has 180 valence electrons. The Labute approximate surface area is 199 Å². The lowest BCUT2D eigenvalue weighted by Crippen LogP contribution is -2.55. The Kier molecular flexibility index (Phi) is 5.39. The van der Waals surface area contributed by atoms with E-state index in [0.717, 1.165) is 63.2 Å². The van der Waals surface area contributed by atoms with Crippen LogP contribution in [0.2, 0.25) is 0 Å². The van der Waals surface area contributed by atoms with Gasteiger partial charge in [-0.3, -0.25) is 4.79 Å². The van der Waals surface area contributed by atoms with Crippen LogP contribution in [0.5, 0.6) is 0 Å². The number of ketones is 1. The number of hydrogen-bond donors (Lipinski definition) is 2. The number of allylic oxidation sites excluding steroid dienone is 2. The van der Waals surface area contributed by atoms with Crippen LogP contribution in [0.25, 0.3) is 0 Å². The fraction of sp³-hybridized carbons (Fsp3) is 0.833. The van der Waals surface area contributed by atoms with E-state index in [1.54, 1.807) is 0 Å². The Hall–Kier alpha value is -1.11. The molecule has 3 heteroatoms. The molecule has 0 saturated heterocycles. The molecule has 0 unspecified atom stereocenters.